The highest BCUT2D eigenvalue weighted by Crippen LogP contribution is 2.41. The van der Waals surface area contributed by atoms with E-state index in [4.69, 9.17) is 4.74 Å². The first-order valence-corrected chi connectivity index (χ1v) is 12.3. The Bertz CT molecular complexity index is 1220. The van der Waals surface area contributed by atoms with Gasteiger partial charge in [-0.05, 0) is 67.1 Å². The van der Waals surface area contributed by atoms with Crippen molar-refractivity contribution in [2.24, 2.45) is 0 Å². The lowest BCUT2D eigenvalue weighted by Gasteiger charge is -2.32. The van der Waals surface area contributed by atoms with Gasteiger partial charge in [0.1, 0.15) is 5.75 Å². The van der Waals surface area contributed by atoms with Crippen LogP contribution in [0.5, 0.6) is 5.75 Å². The number of ether oxygens (including phenoxy) is 1. The van der Waals surface area contributed by atoms with E-state index >= 15 is 0 Å². The van der Waals surface area contributed by atoms with E-state index in [-0.39, 0.29) is 11.5 Å². The molecule has 1 aliphatic rings. The summed E-state index contributed by atoms with van der Waals surface area (Å²) in [5.74, 6) is 0.564. The minimum atomic E-state index is -0.649. The van der Waals surface area contributed by atoms with Crippen LogP contribution >= 0.6 is 43.6 Å². The first kappa shape index (κ1) is 22.0. The van der Waals surface area contributed by atoms with Gasteiger partial charge in [0, 0.05) is 17.1 Å². The number of amides is 1. The molecular weight excluding hydrogens is 548 g/mol. The molecule has 0 spiro atoms. The van der Waals surface area contributed by atoms with Gasteiger partial charge in [-0.2, -0.15) is 0 Å². The molecule has 1 aromatic heterocycles. The number of fused-ring (bicyclic) bond motifs is 3. The van der Waals surface area contributed by atoms with E-state index in [0.29, 0.717) is 34.3 Å². The third kappa shape index (κ3) is 3.70. The van der Waals surface area contributed by atoms with Crippen LogP contribution in [0.25, 0.3) is 11.3 Å². The smallest absolute Gasteiger partial charge is 0.325 e. The number of rotatable bonds is 4. The second kappa shape index (κ2) is 8.76. The average molecular weight is 567 g/mol. The van der Waals surface area contributed by atoms with Crippen LogP contribution in [-0.2, 0) is 4.79 Å². The zero-order valence-electron chi connectivity index (χ0n) is 17.0. The number of anilines is 1. The second-order valence-electron chi connectivity index (χ2n) is 6.78. The molecule has 1 atom stereocenters. The Balaban J connectivity index is 2.09. The fourth-order valence-electron chi connectivity index (χ4n) is 3.73. The molecule has 0 saturated heterocycles. The largest absolute Gasteiger partial charge is 0.494 e. The molecule has 0 saturated carbocycles. The normalized spacial score (nSPS) is 14.7. The first-order chi connectivity index (χ1) is 14.9. The van der Waals surface area contributed by atoms with Crippen LogP contribution < -0.4 is 19.9 Å². The van der Waals surface area contributed by atoms with Gasteiger partial charge in [-0.15, -0.1) is 0 Å². The number of hydrogen-bond acceptors (Lipinski definition) is 5. The molecule has 2 aromatic carbocycles. The Hall–Kier alpha value is -2.17. The van der Waals surface area contributed by atoms with Crippen molar-refractivity contribution >= 4 is 55.2 Å². The summed E-state index contributed by atoms with van der Waals surface area (Å²) >= 11 is 8.44. The molecule has 1 aliphatic heterocycles. The highest BCUT2D eigenvalue weighted by Gasteiger charge is 2.45. The number of carbonyl (C=O) groups is 1. The lowest BCUT2D eigenvalue weighted by Crippen LogP contribution is -2.60. The number of methoxy groups -OCH3 is 1. The van der Waals surface area contributed by atoms with Crippen LogP contribution in [0.3, 0.4) is 0 Å². The standard InChI is InChI=1S/C21H18Br2N4O3S/c1-4-16(28)26-15-8-6-5-7-12(15)17-19(29)24-21(31-3)25-27(17)20(26)11-9-13(22)18(30-2)14(23)10-11/h5-10,20H,4H2,1-3H3/p+1/t20-/m1/s1. The Morgan fingerprint density at radius 2 is 1.97 bits per heavy atom. The fraction of sp³-hybridized carbons (Fsp3) is 0.238. The maximum absolute atomic E-state index is 13.2. The van der Waals surface area contributed by atoms with Crippen molar-refractivity contribution in [3.63, 3.8) is 0 Å². The molecule has 0 fully saturated rings. The van der Waals surface area contributed by atoms with Gasteiger partial charge in [-0.3, -0.25) is 14.6 Å². The first-order valence-electron chi connectivity index (χ1n) is 9.45. The SMILES string of the molecule is CCC(=O)N1c2ccccc2-c2c(=O)[nH]c(SC)n[n+]2[C@@H]1c1cc(Br)c(OC)c(Br)c1. The summed E-state index contributed by atoms with van der Waals surface area (Å²) in [5, 5.41) is 5.15. The molecular formula is C21H19Br2N4O3S+. The van der Waals surface area contributed by atoms with Crippen LogP contribution in [0.2, 0.25) is 0 Å². The fourth-order valence-corrected chi connectivity index (χ4v) is 5.64. The third-order valence-electron chi connectivity index (χ3n) is 5.05. The molecule has 10 heteroatoms. The van der Waals surface area contributed by atoms with Crippen molar-refractivity contribution < 1.29 is 14.2 Å². The Kier molecular flexibility index (Phi) is 6.23. The molecule has 3 aromatic rings. The summed E-state index contributed by atoms with van der Waals surface area (Å²) < 4.78 is 8.52. The average Bonchev–Trinajstić information content (AvgIpc) is 2.76. The van der Waals surface area contributed by atoms with Gasteiger partial charge < -0.3 is 4.74 Å². The number of H-pyrrole nitrogens is 1. The van der Waals surface area contributed by atoms with Gasteiger partial charge in [0.25, 0.3) is 6.17 Å². The molecule has 7 nitrogen and oxygen atoms in total. The van der Waals surface area contributed by atoms with Crippen LogP contribution in [0, 0.1) is 0 Å². The predicted molar refractivity (Wildman–Crippen MR) is 127 cm³/mol. The number of carbonyl (C=O) groups excluding carboxylic acids is 1. The molecule has 0 bridgehead atoms. The molecule has 31 heavy (non-hydrogen) atoms. The van der Waals surface area contributed by atoms with Gasteiger partial charge >= 0.3 is 11.3 Å². The summed E-state index contributed by atoms with van der Waals surface area (Å²) in [6.45, 7) is 1.82. The number of halogens is 2. The zero-order chi connectivity index (χ0) is 22.3. The lowest BCUT2D eigenvalue weighted by molar-refractivity contribution is -0.763. The molecule has 160 valence electrons. The molecule has 0 radical (unpaired) electrons. The van der Waals surface area contributed by atoms with E-state index in [1.54, 1.807) is 16.7 Å². The van der Waals surface area contributed by atoms with E-state index in [1.165, 1.54) is 11.8 Å². The maximum atomic E-state index is 13.2. The number of thioether (sulfide) groups is 1. The monoisotopic (exact) mass is 565 g/mol. The summed E-state index contributed by atoms with van der Waals surface area (Å²) in [7, 11) is 1.59. The van der Waals surface area contributed by atoms with E-state index in [0.717, 1.165) is 14.5 Å². The Labute approximate surface area is 200 Å². The van der Waals surface area contributed by atoms with E-state index in [9.17, 15) is 9.59 Å². The van der Waals surface area contributed by atoms with Gasteiger partial charge in [0.15, 0.2) is 0 Å². The molecule has 0 aliphatic carbocycles. The molecule has 0 unspecified atom stereocenters. The number of nitrogens with one attached hydrogen (secondary N) is 1. The van der Waals surface area contributed by atoms with Crippen molar-refractivity contribution in [2.45, 2.75) is 24.7 Å². The number of hydrogen-bond donors (Lipinski definition) is 1. The number of aromatic amines is 1. The topological polar surface area (TPSA) is 79.2 Å². The van der Waals surface area contributed by atoms with Crippen LogP contribution in [0.15, 0.2) is 55.3 Å². The maximum Gasteiger partial charge on any atom is 0.325 e. The molecule has 1 N–H and O–H groups in total. The summed E-state index contributed by atoms with van der Waals surface area (Å²) in [5.41, 5.74) is 2.25. The van der Waals surface area contributed by atoms with Crippen molar-refractivity contribution in [1.82, 2.24) is 10.1 Å². The lowest BCUT2D eigenvalue weighted by atomic mass is 10.0. The van der Waals surface area contributed by atoms with E-state index < -0.39 is 6.17 Å². The van der Waals surface area contributed by atoms with Gasteiger partial charge in [-0.25, -0.2) is 4.90 Å². The molecule has 4 rings (SSSR count). The van der Waals surface area contributed by atoms with Crippen molar-refractivity contribution in [1.29, 1.82) is 0 Å². The zero-order valence-corrected chi connectivity index (χ0v) is 21.0. The third-order valence-corrected chi connectivity index (χ3v) is 6.79. The number of para-hydroxylation sites is 1. The van der Waals surface area contributed by atoms with Crippen LogP contribution in [-0.4, -0.2) is 29.4 Å². The second-order valence-corrected chi connectivity index (χ2v) is 9.29. The molecule has 1 amide bonds. The van der Waals surface area contributed by atoms with Gasteiger partial charge in [-0.1, -0.05) is 30.8 Å². The minimum Gasteiger partial charge on any atom is -0.494 e. The highest BCUT2D eigenvalue weighted by atomic mass is 79.9. The quantitative estimate of drug-likeness (QED) is 0.376. The summed E-state index contributed by atoms with van der Waals surface area (Å²) in [6.07, 6.45) is 1.49. The van der Waals surface area contributed by atoms with E-state index in [2.05, 4.69) is 41.9 Å². The predicted octanol–water partition coefficient (Wildman–Crippen LogP) is 4.28. The summed E-state index contributed by atoms with van der Waals surface area (Å²) in [6, 6.07) is 11.2. The van der Waals surface area contributed by atoms with E-state index in [1.807, 2.05) is 49.6 Å². The minimum absolute atomic E-state index is 0.0774. The van der Waals surface area contributed by atoms with Gasteiger partial charge in [0.2, 0.25) is 11.1 Å². The number of benzene rings is 2. The number of nitrogens with zero attached hydrogens (tertiary/aromatic N) is 3. The van der Waals surface area contributed by atoms with Gasteiger partial charge in [0.05, 0.1) is 27.3 Å². The molecule has 2 heterocycles. The Morgan fingerprint density at radius 3 is 2.58 bits per heavy atom. The Morgan fingerprint density at radius 1 is 1.29 bits per heavy atom. The van der Waals surface area contributed by atoms with Crippen LogP contribution in [0.4, 0.5) is 5.69 Å². The van der Waals surface area contributed by atoms with Crippen molar-refractivity contribution in [2.75, 3.05) is 18.3 Å². The highest BCUT2D eigenvalue weighted by molar-refractivity contribution is 9.11. The van der Waals surface area contributed by atoms with Crippen LogP contribution in [0.1, 0.15) is 25.1 Å². The summed E-state index contributed by atoms with van der Waals surface area (Å²) in [4.78, 5) is 30.8. The van der Waals surface area contributed by atoms with Crippen molar-refractivity contribution in [3.8, 4) is 17.0 Å². The number of aromatic nitrogens is 3. The van der Waals surface area contributed by atoms with Crippen molar-refractivity contribution in [3.05, 3.63) is 61.3 Å².